The maximum atomic E-state index is 12.0. The molecule has 0 aliphatic rings. The van der Waals surface area contributed by atoms with E-state index >= 15 is 0 Å². The van der Waals surface area contributed by atoms with Gasteiger partial charge in [0.05, 0.1) is 0 Å². The lowest BCUT2D eigenvalue weighted by Gasteiger charge is -2.05. The number of carbonyl (C=O) groups is 1. The Hall–Kier alpha value is -1.41. The molecule has 0 unspecified atom stereocenters. The van der Waals surface area contributed by atoms with Gasteiger partial charge in [-0.15, -0.1) is 0 Å². The van der Waals surface area contributed by atoms with Gasteiger partial charge in [-0.2, -0.15) is 0 Å². The quantitative estimate of drug-likeness (QED) is 0.671. The molecule has 2 N–H and O–H groups in total. The number of nitrogens with zero attached hydrogens (tertiary/aromatic N) is 1. The number of rotatable bonds is 9. The molecule has 0 spiro atoms. The number of hydrogen-bond acceptors (Lipinski definition) is 5. The fourth-order valence-corrected chi connectivity index (χ4v) is 3.29. The molecule has 0 aromatic carbocycles. The van der Waals surface area contributed by atoms with Crippen molar-refractivity contribution in [1.29, 1.82) is 0 Å². The van der Waals surface area contributed by atoms with Crippen molar-refractivity contribution in [3.8, 4) is 0 Å². The number of unbranched alkanes of at least 4 members (excludes halogenated alkanes) is 3. The third-order valence-corrected chi connectivity index (χ3v) is 4.55. The highest BCUT2D eigenvalue weighted by Crippen LogP contribution is 2.18. The summed E-state index contributed by atoms with van der Waals surface area (Å²) in [5.74, 6) is -0.527. The van der Waals surface area contributed by atoms with Gasteiger partial charge < -0.3 is 9.63 Å². The van der Waals surface area contributed by atoms with Gasteiger partial charge in [-0.25, -0.2) is 13.1 Å². The first-order valence-corrected chi connectivity index (χ1v) is 7.97. The van der Waals surface area contributed by atoms with Crippen LogP contribution in [0.5, 0.6) is 0 Å². The van der Waals surface area contributed by atoms with E-state index in [2.05, 4.69) is 9.88 Å². The van der Waals surface area contributed by atoms with Crippen molar-refractivity contribution < 1.29 is 22.8 Å². The van der Waals surface area contributed by atoms with Crippen molar-refractivity contribution in [3.63, 3.8) is 0 Å². The molecule has 1 aromatic heterocycles. The molecule has 0 saturated heterocycles. The molecular weight excluding hydrogens is 284 g/mol. The highest BCUT2D eigenvalue weighted by molar-refractivity contribution is 7.89. The van der Waals surface area contributed by atoms with Crippen molar-refractivity contribution in [2.24, 2.45) is 0 Å². The molecule has 1 heterocycles. The van der Waals surface area contributed by atoms with E-state index < -0.39 is 16.0 Å². The van der Waals surface area contributed by atoms with Crippen LogP contribution in [0, 0.1) is 13.8 Å². The fraction of sp³-hybridized carbons (Fsp3) is 0.667. The lowest BCUT2D eigenvalue weighted by Crippen LogP contribution is -2.25. The molecule has 0 aliphatic carbocycles. The monoisotopic (exact) mass is 304 g/mol. The minimum absolute atomic E-state index is 0.100. The average molecular weight is 304 g/mol. The Morgan fingerprint density at radius 1 is 1.25 bits per heavy atom. The zero-order chi connectivity index (χ0) is 15.2. The Kier molecular flexibility index (Phi) is 6.15. The molecule has 0 aliphatic heterocycles. The van der Waals surface area contributed by atoms with Crippen LogP contribution in [0.25, 0.3) is 0 Å². The van der Waals surface area contributed by atoms with Gasteiger partial charge in [-0.3, -0.25) is 4.79 Å². The molecule has 1 rings (SSSR count). The Morgan fingerprint density at radius 3 is 2.45 bits per heavy atom. The summed E-state index contributed by atoms with van der Waals surface area (Å²) in [6.07, 6.45) is 3.01. The van der Waals surface area contributed by atoms with Crippen molar-refractivity contribution in [1.82, 2.24) is 9.88 Å². The first-order valence-electron chi connectivity index (χ1n) is 6.49. The highest BCUT2D eigenvalue weighted by Gasteiger charge is 2.23. The lowest BCUT2D eigenvalue weighted by molar-refractivity contribution is -0.137. The van der Waals surface area contributed by atoms with Crippen LogP contribution in [-0.4, -0.2) is 31.2 Å². The molecule has 1 aromatic rings. The standard InChI is InChI=1S/C12H20N2O5S/c1-9-12(10(2)19-14-9)20(17,18)13-8-6-4-3-5-7-11(15)16/h13H,3-8H2,1-2H3,(H,15,16). The van der Waals surface area contributed by atoms with Gasteiger partial charge >= 0.3 is 5.97 Å². The predicted octanol–water partition coefficient (Wildman–Crippen LogP) is 1.60. The largest absolute Gasteiger partial charge is 0.481 e. The molecule has 0 fully saturated rings. The zero-order valence-corrected chi connectivity index (χ0v) is 12.5. The Labute approximate surface area is 118 Å². The number of aromatic nitrogens is 1. The maximum absolute atomic E-state index is 12.0. The van der Waals surface area contributed by atoms with Crippen molar-refractivity contribution in [2.75, 3.05) is 6.54 Å². The fourth-order valence-electron chi connectivity index (χ4n) is 1.89. The maximum Gasteiger partial charge on any atom is 0.303 e. The second kappa shape index (κ2) is 7.39. The van der Waals surface area contributed by atoms with Crippen LogP contribution >= 0.6 is 0 Å². The van der Waals surface area contributed by atoms with Crippen molar-refractivity contribution in [2.45, 2.75) is 50.8 Å². The average Bonchev–Trinajstić information content (AvgIpc) is 2.68. The summed E-state index contributed by atoms with van der Waals surface area (Å²) in [5.41, 5.74) is 0.344. The summed E-state index contributed by atoms with van der Waals surface area (Å²) < 4.78 is 31.4. The Morgan fingerprint density at radius 2 is 1.90 bits per heavy atom. The third-order valence-electron chi connectivity index (χ3n) is 2.85. The van der Waals surface area contributed by atoms with Crippen LogP contribution < -0.4 is 4.72 Å². The van der Waals surface area contributed by atoms with Gasteiger partial charge in [-0.1, -0.05) is 18.0 Å². The van der Waals surface area contributed by atoms with Crippen molar-refractivity contribution in [3.05, 3.63) is 11.5 Å². The molecular formula is C12H20N2O5S. The Balaban J connectivity index is 2.33. The summed E-state index contributed by atoms with van der Waals surface area (Å²) in [4.78, 5) is 10.4. The number of sulfonamides is 1. The number of carboxylic acid groups (broad SMARTS) is 1. The van der Waals surface area contributed by atoms with Gasteiger partial charge in [0.15, 0.2) is 5.76 Å². The van der Waals surface area contributed by atoms with E-state index in [0.717, 1.165) is 12.8 Å². The van der Waals surface area contributed by atoms with Crippen LogP contribution in [0.3, 0.4) is 0 Å². The van der Waals surface area contributed by atoms with Crippen molar-refractivity contribution >= 4 is 16.0 Å². The van der Waals surface area contributed by atoms with Crippen LogP contribution in [0.4, 0.5) is 0 Å². The van der Waals surface area contributed by atoms with Crippen LogP contribution in [0.1, 0.15) is 43.6 Å². The normalized spacial score (nSPS) is 11.7. The second-order valence-electron chi connectivity index (χ2n) is 4.61. The third kappa shape index (κ3) is 4.93. The first-order chi connectivity index (χ1) is 9.34. The number of nitrogens with one attached hydrogen (secondary N) is 1. The number of carboxylic acids is 1. The topological polar surface area (TPSA) is 110 Å². The second-order valence-corrected chi connectivity index (χ2v) is 6.31. The van der Waals surface area contributed by atoms with E-state index in [4.69, 9.17) is 9.63 Å². The summed E-state index contributed by atoms with van der Waals surface area (Å²) >= 11 is 0. The summed E-state index contributed by atoms with van der Waals surface area (Å²) in [6, 6.07) is 0. The summed E-state index contributed by atoms with van der Waals surface area (Å²) in [6.45, 7) is 3.46. The minimum atomic E-state index is -3.58. The van der Waals surface area contributed by atoms with Gasteiger partial charge in [-0.05, 0) is 26.7 Å². The van der Waals surface area contributed by atoms with E-state index in [0.29, 0.717) is 25.1 Å². The number of hydrogen-bond donors (Lipinski definition) is 2. The molecule has 114 valence electrons. The van der Waals surface area contributed by atoms with Gasteiger partial charge in [0.2, 0.25) is 10.0 Å². The number of aryl methyl sites for hydroxylation is 2. The van der Waals surface area contributed by atoms with Gasteiger partial charge in [0.25, 0.3) is 0 Å². The molecule has 0 saturated carbocycles. The predicted molar refractivity (Wildman–Crippen MR) is 71.9 cm³/mol. The van der Waals surface area contributed by atoms with Crippen LogP contribution in [-0.2, 0) is 14.8 Å². The highest BCUT2D eigenvalue weighted by atomic mass is 32.2. The molecule has 7 nitrogen and oxygen atoms in total. The van der Waals surface area contributed by atoms with Crippen LogP contribution in [0.2, 0.25) is 0 Å². The van der Waals surface area contributed by atoms with Crippen LogP contribution in [0.15, 0.2) is 9.42 Å². The SMILES string of the molecule is Cc1noc(C)c1S(=O)(=O)NCCCCCCC(=O)O. The van der Waals surface area contributed by atoms with E-state index in [1.165, 1.54) is 0 Å². The first kappa shape index (κ1) is 16.6. The van der Waals surface area contributed by atoms with E-state index in [-0.39, 0.29) is 17.1 Å². The molecule has 0 radical (unpaired) electrons. The molecule has 0 amide bonds. The molecule has 8 heteroatoms. The Bertz CT molecular complexity index is 531. The summed E-state index contributed by atoms with van der Waals surface area (Å²) in [7, 11) is -3.58. The van der Waals surface area contributed by atoms with E-state index in [9.17, 15) is 13.2 Å². The van der Waals surface area contributed by atoms with E-state index in [1.54, 1.807) is 13.8 Å². The van der Waals surface area contributed by atoms with E-state index in [1.807, 2.05) is 0 Å². The molecule has 0 atom stereocenters. The molecule has 0 bridgehead atoms. The van der Waals surface area contributed by atoms with Gasteiger partial charge in [0, 0.05) is 13.0 Å². The summed E-state index contributed by atoms with van der Waals surface area (Å²) in [5, 5.41) is 12.1. The lowest BCUT2D eigenvalue weighted by atomic mass is 10.1. The van der Waals surface area contributed by atoms with Gasteiger partial charge in [0.1, 0.15) is 10.6 Å². The molecule has 20 heavy (non-hydrogen) atoms. The number of aliphatic carboxylic acids is 1. The zero-order valence-electron chi connectivity index (χ0n) is 11.7. The minimum Gasteiger partial charge on any atom is -0.481 e. The smallest absolute Gasteiger partial charge is 0.303 e.